The third-order valence-corrected chi connectivity index (χ3v) is 6.36. The molecule has 11 nitrogen and oxygen atoms in total. The Hall–Kier alpha value is -3.74. The number of thiazole rings is 1. The van der Waals surface area contributed by atoms with Gasteiger partial charge >= 0.3 is 5.97 Å². The Labute approximate surface area is 227 Å². The quantitative estimate of drug-likeness (QED) is 0.376. The molecule has 3 aromatic rings. The van der Waals surface area contributed by atoms with E-state index in [1.165, 1.54) is 29.5 Å². The number of carbonyl (C=O) groups is 3. The zero-order chi connectivity index (χ0) is 28.7. The van der Waals surface area contributed by atoms with Crippen molar-refractivity contribution in [2.24, 2.45) is 5.73 Å². The number of aromatic nitrogens is 3. The van der Waals surface area contributed by atoms with E-state index in [-0.39, 0.29) is 5.97 Å². The molecule has 0 unspecified atom stereocenters. The zero-order valence-corrected chi connectivity index (χ0v) is 23.5. The fourth-order valence-corrected chi connectivity index (χ4v) is 4.43. The summed E-state index contributed by atoms with van der Waals surface area (Å²) in [5.74, 6) is 0.942. The molecule has 0 aliphatic carbocycles. The van der Waals surface area contributed by atoms with Crippen LogP contribution in [-0.4, -0.2) is 66.6 Å². The van der Waals surface area contributed by atoms with Crippen molar-refractivity contribution in [1.29, 1.82) is 0 Å². The number of hydrogen-bond donors (Lipinski definition) is 3. The van der Waals surface area contributed by atoms with Gasteiger partial charge in [0.25, 0.3) is 0 Å². The van der Waals surface area contributed by atoms with Gasteiger partial charge in [-0.1, -0.05) is 41.2 Å². The van der Waals surface area contributed by atoms with Crippen LogP contribution in [0.5, 0.6) is 0 Å². The normalized spacial score (nSPS) is 11.7. The van der Waals surface area contributed by atoms with Gasteiger partial charge in [-0.2, -0.15) is 4.98 Å². The molecule has 0 atom stereocenters. The molecule has 1 aromatic carbocycles. The number of fused-ring (bicyclic) bond motifs is 1. The minimum absolute atomic E-state index is 0.331. The summed E-state index contributed by atoms with van der Waals surface area (Å²) in [6.07, 6.45) is 0.854. The smallest absolute Gasteiger partial charge is 0.350 e. The molecule has 4 rings (SSSR count). The molecule has 0 fully saturated rings. The second-order valence-electron chi connectivity index (χ2n) is 7.93. The van der Waals surface area contributed by atoms with Crippen molar-refractivity contribution >= 4 is 47.8 Å². The van der Waals surface area contributed by atoms with Crippen LogP contribution in [0.4, 0.5) is 16.9 Å². The van der Waals surface area contributed by atoms with Crippen LogP contribution in [0, 0.1) is 13.8 Å². The Morgan fingerprint density at radius 1 is 1.11 bits per heavy atom. The van der Waals surface area contributed by atoms with Crippen molar-refractivity contribution in [3.63, 3.8) is 0 Å². The summed E-state index contributed by atoms with van der Waals surface area (Å²) in [5.41, 5.74) is 9.72. The number of likely N-dealkylation sites (N-methyl/N-ethyl adjacent to an activating group) is 1. The number of rotatable bonds is 7. The molecule has 206 valence electrons. The largest absolute Gasteiger partial charge is 0.462 e. The van der Waals surface area contributed by atoms with E-state index in [9.17, 15) is 4.79 Å². The van der Waals surface area contributed by atoms with Gasteiger partial charge in [-0.05, 0) is 40.4 Å². The fraction of sp³-hybridized carbons (Fsp3) is 0.385. The molecule has 0 bridgehead atoms. The first kappa shape index (κ1) is 32.3. The molecule has 4 N–H and O–H groups in total. The van der Waals surface area contributed by atoms with Gasteiger partial charge in [0.2, 0.25) is 5.95 Å². The molecule has 0 amide bonds. The Morgan fingerprint density at radius 2 is 1.76 bits per heavy atom. The van der Waals surface area contributed by atoms with E-state index in [0.717, 1.165) is 36.6 Å². The second-order valence-corrected chi connectivity index (χ2v) is 8.93. The molecule has 2 aromatic heterocycles. The predicted octanol–water partition coefficient (Wildman–Crippen LogP) is 3.28. The lowest BCUT2D eigenvalue weighted by molar-refractivity contribution is -0.0987. The Balaban J connectivity index is 0.00000112. The summed E-state index contributed by atoms with van der Waals surface area (Å²) < 4.78 is 5.11. The Kier molecular flexibility index (Phi) is 14.4. The predicted molar refractivity (Wildman–Crippen MR) is 151 cm³/mol. The van der Waals surface area contributed by atoms with Crippen LogP contribution >= 0.6 is 11.3 Å². The standard InChI is InChI=1S/C23H28N6O2S.CH5N.2CH2O/c1-5-31-21(30)19-15(3)25-23(32-19)28-22-26-18-10-11-29(4)13-17(18)20(27-22)24-12-16-8-6-14(2)7-9-16;3*1-2/h6-9H,5,10-13H2,1-4H3,(H2,24,25,26,27,28);2H2,1H3;2*1H2. The van der Waals surface area contributed by atoms with Crippen molar-refractivity contribution in [3.05, 3.63) is 57.2 Å². The van der Waals surface area contributed by atoms with E-state index in [1.54, 1.807) is 13.8 Å². The number of carbonyl (C=O) groups excluding carboxylic acids is 3. The lowest BCUT2D eigenvalue weighted by atomic mass is 10.1. The molecular weight excluding hydrogens is 506 g/mol. The van der Waals surface area contributed by atoms with E-state index in [2.05, 4.69) is 64.5 Å². The SMILES string of the molecule is C=O.C=O.CCOC(=O)c1sc(Nc2nc3c(c(NCc4ccc(C)cc4)n2)CN(C)CC3)nc1C.CN. The number of ether oxygens (including phenoxy) is 1. The molecular formula is C26H37N7O4S. The first-order chi connectivity index (χ1) is 18.4. The summed E-state index contributed by atoms with van der Waals surface area (Å²) in [4.78, 5) is 44.9. The first-order valence-corrected chi connectivity index (χ1v) is 12.7. The molecule has 0 saturated heterocycles. The number of anilines is 3. The van der Waals surface area contributed by atoms with Gasteiger partial charge in [0, 0.05) is 31.6 Å². The lowest BCUT2D eigenvalue weighted by Crippen LogP contribution is -2.29. The second kappa shape index (κ2) is 16.9. The van der Waals surface area contributed by atoms with Crippen molar-refractivity contribution in [2.45, 2.75) is 40.3 Å². The summed E-state index contributed by atoms with van der Waals surface area (Å²) in [5, 5.41) is 7.26. The van der Waals surface area contributed by atoms with Crippen LogP contribution in [-0.2, 0) is 33.8 Å². The van der Waals surface area contributed by atoms with Gasteiger partial charge in [0.1, 0.15) is 24.3 Å². The number of aryl methyl sites for hydroxylation is 2. The molecule has 38 heavy (non-hydrogen) atoms. The van der Waals surface area contributed by atoms with Crippen LogP contribution in [0.15, 0.2) is 24.3 Å². The average Bonchev–Trinajstić information content (AvgIpc) is 3.31. The zero-order valence-electron chi connectivity index (χ0n) is 22.7. The van der Waals surface area contributed by atoms with Crippen LogP contribution in [0.25, 0.3) is 0 Å². The van der Waals surface area contributed by atoms with E-state index in [1.807, 2.05) is 13.6 Å². The fourth-order valence-electron chi connectivity index (χ4n) is 3.57. The number of nitrogens with two attached hydrogens (primary N) is 1. The van der Waals surface area contributed by atoms with Gasteiger partial charge in [0.15, 0.2) is 5.13 Å². The minimum atomic E-state index is -0.356. The van der Waals surface area contributed by atoms with E-state index in [4.69, 9.17) is 24.3 Å². The highest BCUT2D eigenvalue weighted by Crippen LogP contribution is 2.29. The maximum absolute atomic E-state index is 12.1. The van der Waals surface area contributed by atoms with Gasteiger partial charge in [0.05, 0.1) is 18.0 Å². The monoisotopic (exact) mass is 543 g/mol. The summed E-state index contributed by atoms with van der Waals surface area (Å²) in [6.45, 7) is 12.4. The molecule has 0 saturated carbocycles. The number of benzene rings is 1. The third kappa shape index (κ3) is 8.98. The number of hydrogen-bond acceptors (Lipinski definition) is 12. The first-order valence-electron chi connectivity index (χ1n) is 11.9. The van der Waals surface area contributed by atoms with E-state index in [0.29, 0.717) is 34.8 Å². The molecule has 3 heterocycles. The maximum Gasteiger partial charge on any atom is 0.350 e. The lowest BCUT2D eigenvalue weighted by Gasteiger charge is -2.26. The minimum Gasteiger partial charge on any atom is -0.462 e. The van der Waals surface area contributed by atoms with E-state index < -0.39 is 0 Å². The molecule has 0 spiro atoms. The Morgan fingerprint density at radius 3 is 2.39 bits per heavy atom. The Bertz CT molecular complexity index is 1150. The molecule has 1 aliphatic rings. The molecule has 12 heteroatoms. The van der Waals surface area contributed by atoms with Crippen LogP contribution < -0.4 is 16.4 Å². The highest BCUT2D eigenvalue weighted by atomic mass is 32.1. The number of nitrogens with zero attached hydrogens (tertiary/aromatic N) is 4. The average molecular weight is 544 g/mol. The number of nitrogens with one attached hydrogen (secondary N) is 2. The molecule has 0 radical (unpaired) electrons. The third-order valence-electron chi connectivity index (χ3n) is 5.31. The van der Waals surface area contributed by atoms with Gasteiger partial charge in [-0.15, -0.1) is 0 Å². The van der Waals surface area contributed by atoms with Crippen molar-refractivity contribution in [3.8, 4) is 0 Å². The van der Waals surface area contributed by atoms with E-state index >= 15 is 0 Å². The molecule has 1 aliphatic heterocycles. The topological polar surface area (TPSA) is 152 Å². The van der Waals surface area contributed by atoms with Crippen molar-refractivity contribution < 1.29 is 19.1 Å². The van der Waals surface area contributed by atoms with Gasteiger partial charge in [-0.3, -0.25) is 5.32 Å². The van der Waals surface area contributed by atoms with Crippen molar-refractivity contribution in [2.75, 3.05) is 37.9 Å². The van der Waals surface area contributed by atoms with Gasteiger partial charge < -0.3 is 30.3 Å². The van der Waals surface area contributed by atoms with Crippen LogP contribution in [0.1, 0.15) is 44.7 Å². The summed E-state index contributed by atoms with van der Waals surface area (Å²) in [6, 6.07) is 8.46. The number of esters is 1. The van der Waals surface area contributed by atoms with Gasteiger partial charge in [-0.25, -0.2) is 14.8 Å². The highest BCUT2D eigenvalue weighted by Gasteiger charge is 2.22. The maximum atomic E-state index is 12.1. The van der Waals surface area contributed by atoms with Crippen LogP contribution in [0.3, 0.4) is 0 Å². The van der Waals surface area contributed by atoms with Crippen molar-refractivity contribution in [1.82, 2.24) is 19.9 Å². The summed E-state index contributed by atoms with van der Waals surface area (Å²) >= 11 is 1.25. The summed E-state index contributed by atoms with van der Waals surface area (Å²) in [7, 11) is 3.61. The highest BCUT2D eigenvalue weighted by molar-refractivity contribution is 7.17. The van der Waals surface area contributed by atoms with Crippen LogP contribution in [0.2, 0.25) is 0 Å².